The van der Waals surface area contributed by atoms with E-state index in [1.54, 1.807) is 29.7 Å². The molecular weight excluding hydrogens is 436 g/mol. The summed E-state index contributed by atoms with van der Waals surface area (Å²) in [6.07, 6.45) is 0.972. The van der Waals surface area contributed by atoms with Gasteiger partial charge in [-0.2, -0.15) is 0 Å². The van der Waals surface area contributed by atoms with E-state index in [4.69, 9.17) is 9.72 Å². The normalized spacial score (nSPS) is 19.2. The third-order valence-corrected chi connectivity index (χ3v) is 8.67. The molecule has 172 valence electrons. The maximum Gasteiger partial charge on any atom is 0.343 e. The van der Waals surface area contributed by atoms with Crippen molar-refractivity contribution in [1.29, 1.82) is 0 Å². The molecule has 0 amide bonds. The maximum atomic E-state index is 13.5. The minimum absolute atomic E-state index is 0.106. The average Bonchev–Trinajstić information content (AvgIpc) is 3.12. The molecule has 0 radical (unpaired) electrons. The summed E-state index contributed by atoms with van der Waals surface area (Å²) in [4.78, 5) is 30.7. The van der Waals surface area contributed by atoms with Crippen LogP contribution in [0.15, 0.2) is 29.1 Å². The molecule has 0 saturated carbocycles. The number of phenolic OH excluding ortho intramolecular Hbond substituents is 1. The molecule has 1 atom stereocenters. The number of phenols is 1. The summed E-state index contributed by atoms with van der Waals surface area (Å²) in [7, 11) is -1.34. The topological polar surface area (TPSA) is 102 Å². The Bertz CT molecular complexity index is 1390. The lowest BCUT2D eigenvalue weighted by Crippen LogP contribution is -2.44. The Kier molecular flexibility index (Phi) is 4.81. The van der Waals surface area contributed by atoms with Crippen molar-refractivity contribution in [2.75, 3.05) is 0 Å². The number of hydrogen-bond acceptors (Lipinski definition) is 6. The van der Waals surface area contributed by atoms with Crippen molar-refractivity contribution in [1.82, 2.24) is 9.55 Å². The van der Waals surface area contributed by atoms with Crippen molar-refractivity contribution < 1.29 is 19.7 Å². The molecule has 5 rings (SSSR count). The molecule has 2 aliphatic heterocycles. The van der Waals surface area contributed by atoms with Crippen molar-refractivity contribution in [3.8, 4) is 17.1 Å². The molecule has 0 saturated heterocycles. The molecule has 2 aromatic heterocycles. The van der Waals surface area contributed by atoms with E-state index in [0.29, 0.717) is 34.6 Å². The number of aromatic hydroxyl groups is 1. The standard InChI is InChI=1S/C25H28N2O5Si/c1-5-25(31)19-11-21-22-17(12-27(21)23(29)18(19)13-32-24(25)30)15(8-9-33(2,3)4)16-7-6-14(28)10-20(16)26-22/h6-7,10-11,28,31H,5,8-9,12-13H2,1-4H3. The van der Waals surface area contributed by atoms with Crippen LogP contribution in [-0.2, 0) is 34.7 Å². The smallest absolute Gasteiger partial charge is 0.343 e. The number of pyridine rings is 2. The first-order valence-corrected chi connectivity index (χ1v) is 15.1. The van der Waals surface area contributed by atoms with Crippen LogP contribution in [-0.4, -0.2) is 33.8 Å². The van der Waals surface area contributed by atoms with Gasteiger partial charge < -0.3 is 19.5 Å². The predicted molar refractivity (Wildman–Crippen MR) is 128 cm³/mol. The molecule has 33 heavy (non-hydrogen) atoms. The van der Waals surface area contributed by atoms with Crippen molar-refractivity contribution in [2.45, 2.75) is 64.2 Å². The summed E-state index contributed by atoms with van der Waals surface area (Å²) in [5.41, 5.74) is 2.61. The number of fused-ring (bicyclic) bond motifs is 5. The maximum absolute atomic E-state index is 13.5. The lowest BCUT2D eigenvalue weighted by molar-refractivity contribution is -0.172. The van der Waals surface area contributed by atoms with Crippen molar-refractivity contribution in [3.05, 3.63) is 56.9 Å². The van der Waals surface area contributed by atoms with Gasteiger partial charge in [0.2, 0.25) is 0 Å². The fourth-order valence-corrected chi connectivity index (χ4v) is 5.94. The van der Waals surface area contributed by atoms with Crippen molar-refractivity contribution in [3.63, 3.8) is 0 Å². The first-order chi connectivity index (χ1) is 15.5. The van der Waals surface area contributed by atoms with E-state index in [9.17, 15) is 19.8 Å². The monoisotopic (exact) mass is 464 g/mol. The summed E-state index contributed by atoms with van der Waals surface area (Å²) in [5, 5.41) is 22.1. The Hall–Kier alpha value is -2.97. The van der Waals surface area contributed by atoms with Gasteiger partial charge in [0, 0.05) is 30.7 Å². The van der Waals surface area contributed by atoms with Crippen LogP contribution in [0.25, 0.3) is 22.3 Å². The van der Waals surface area contributed by atoms with Crippen LogP contribution in [0.2, 0.25) is 25.7 Å². The van der Waals surface area contributed by atoms with Gasteiger partial charge in [-0.3, -0.25) is 4.79 Å². The molecular formula is C25H28N2O5Si. The van der Waals surface area contributed by atoms with Gasteiger partial charge in [0.25, 0.3) is 5.56 Å². The number of hydrogen-bond donors (Lipinski definition) is 2. The predicted octanol–water partition coefficient (Wildman–Crippen LogP) is 3.67. The van der Waals surface area contributed by atoms with E-state index < -0.39 is 19.6 Å². The van der Waals surface area contributed by atoms with E-state index in [0.717, 1.165) is 29.0 Å². The number of benzene rings is 1. The quantitative estimate of drug-likeness (QED) is 0.353. The van der Waals surface area contributed by atoms with Crippen LogP contribution in [0.3, 0.4) is 0 Å². The summed E-state index contributed by atoms with van der Waals surface area (Å²) < 4.78 is 6.83. The number of nitrogens with zero attached hydrogens (tertiary/aromatic N) is 2. The van der Waals surface area contributed by atoms with Crippen LogP contribution in [0.1, 0.15) is 35.6 Å². The molecule has 4 heterocycles. The zero-order valence-electron chi connectivity index (χ0n) is 19.4. The molecule has 0 spiro atoms. The lowest BCUT2D eigenvalue weighted by atomic mass is 9.86. The number of carbonyl (C=O) groups is 1. The molecule has 1 aromatic carbocycles. The van der Waals surface area contributed by atoms with Crippen LogP contribution < -0.4 is 5.56 Å². The Morgan fingerprint density at radius 3 is 2.64 bits per heavy atom. The Morgan fingerprint density at radius 2 is 1.94 bits per heavy atom. The van der Waals surface area contributed by atoms with Crippen LogP contribution in [0.5, 0.6) is 5.75 Å². The first-order valence-electron chi connectivity index (χ1n) is 11.3. The zero-order valence-corrected chi connectivity index (χ0v) is 20.4. The first kappa shape index (κ1) is 21.9. The molecule has 2 aliphatic rings. The van der Waals surface area contributed by atoms with E-state index >= 15 is 0 Å². The summed E-state index contributed by atoms with van der Waals surface area (Å²) in [6.45, 7) is 8.94. The van der Waals surface area contributed by atoms with Crippen LogP contribution >= 0.6 is 0 Å². The number of carbonyl (C=O) groups excluding carboxylic acids is 1. The van der Waals surface area contributed by atoms with Crippen molar-refractivity contribution in [2.24, 2.45) is 0 Å². The molecule has 8 heteroatoms. The van der Waals surface area contributed by atoms with Crippen LogP contribution in [0, 0.1) is 0 Å². The number of aryl methyl sites for hydroxylation is 1. The number of aromatic nitrogens is 2. The number of rotatable bonds is 4. The highest BCUT2D eigenvalue weighted by atomic mass is 28.3. The molecule has 0 aliphatic carbocycles. The highest BCUT2D eigenvalue weighted by Crippen LogP contribution is 2.41. The van der Waals surface area contributed by atoms with E-state index in [-0.39, 0.29) is 24.3 Å². The summed E-state index contributed by atoms with van der Waals surface area (Å²) in [5.74, 6) is -0.595. The van der Waals surface area contributed by atoms with E-state index in [1.807, 2.05) is 6.07 Å². The molecule has 0 bridgehead atoms. The van der Waals surface area contributed by atoms with Gasteiger partial charge in [-0.1, -0.05) is 32.6 Å². The molecule has 3 aromatic rings. The van der Waals surface area contributed by atoms with E-state index in [2.05, 4.69) is 19.6 Å². The second-order valence-corrected chi connectivity index (χ2v) is 15.9. The summed E-state index contributed by atoms with van der Waals surface area (Å²) >= 11 is 0. The highest BCUT2D eigenvalue weighted by molar-refractivity contribution is 6.76. The highest BCUT2D eigenvalue weighted by Gasteiger charge is 2.45. The average molecular weight is 465 g/mol. The van der Waals surface area contributed by atoms with Gasteiger partial charge in [0.05, 0.1) is 29.0 Å². The molecule has 0 fully saturated rings. The lowest BCUT2D eigenvalue weighted by Gasteiger charge is -2.31. The Morgan fingerprint density at radius 1 is 1.18 bits per heavy atom. The van der Waals surface area contributed by atoms with Crippen molar-refractivity contribution >= 4 is 24.9 Å². The van der Waals surface area contributed by atoms with Gasteiger partial charge >= 0.3 is 5.97 Å². The molecule has 2 N–H and O–H groups in total. The Balaban J connectivity index is 1.78. The fourth-order valence-electron chi connectivity index (χ4n) is 4.94. The number of cyclic esters (lactones) is 1. The van der Waals surface area contributed by atoms with E-state index in [1.165, 1.54) is 0 Å². The Labute approximate surface area is 192 Å². The largest absolute Gasteiger partial charge is 0.508 e. The minimum atomic E-state index is -1.85. The second-order valence-electron chi connectivity index (χ2n) is 10.3. The molecule has 7 nitrogen and oxygen atoms in total. The zero-order chi connectivity index (χ0) is 23.7. The third kappa shape index (κ3) is 3.31. The van der Waals surface area contributed by atoms with Crippen LogP contribution in [0.4, 0.5) is 0 Å². The fraction of sp³-hybridized carbons (Fsp3) is 0.400. The molecule has 1 unspecified atom stereocenters. The number of aliphatic hydroxyl groups is 1. The third-order valence-electron chi connectivity index (χ3n) is 6.92. The van der Waals surface area contributed by atoms with Gasteiger partial charge in [-0.15, -0.1) is 0 Å². The van der Waals surface area contributed by atoms with Gasteiger partial charge in [0.15, 0.2) is 5.60 Å². The van der Waals surface area contributed by atoms with Gasteiger partial charge in [-0.25, -0.2) is 9.78 Å². The number of ether oxygens (including phenoxy) is 1. The van der Waals surface area contributed by atoms with Gasteiger partial charge in [0.1, 0.15) is 12.4 Å². The minimum Gasteiger partial charge on any atom is -0.508 e. The SMILES string of the molecule is CCC1(O)C(=O)OCc2c1cc1n(c2=O)Cc2c-1nc1cc(O)ccc1c2CC[Si](C)(C)C. The van der Waals surface area contributed by atoms with Gasteiger partial charge in [-0.05, 0) is 36.6 Å². The summed E-state index contributed by atoms with van der Waals surface area (Å²) in [6, 6.07) is 8.03. The second kappa shape index (κ2) is 7.26. The number of esters is 1.